The van der Waals surface area contributed by atoms with Crippen LogP contribution in [-0.2, 0) is 17.9 Å². The molecule has 118 valence electrons. The van der Waals surface area contributed by atoms with E-state index < -0.39 is 0 Å². The zero-order valence-electron chi connectivity index (χ0n) is 13.7. The Bertz CT molecular complexity index is 612. The van der Waals surface area contributed by atoms with Crippen molar-refractivity contribution in [2.24, 2.45) is 0 Å². The number of hydrogen-bond donors (Lipinski definition) is 0. The Morgan fingerprint density at radius 3 is 2.09 bits per heavy atom. The van der Waals surface area contributed by atoms with Gasteiger partial charge in [0.2, 0.25) is 0 Å². The van der Waals surface area contributed by atoms with Crippen molar-refractivity contribution in [2.45, 2.75) is 38.7 Å². The third kappa shape index (κ3) is 4.17. The fourth-order valence-electron chi connectivity index (χ4n) is 2.18. The molecule has 0 saturated carbocycles. The number of hydrogen-bond acceptors (Lipinski definition) is 2. The van der Waals surface area contributed by atoms with E-state index in [-0.39, 0.29) is 5.41 Å². The van der Waals surface area contributed by atoms with Crippen molar-refractivity contribution < 1.29 is 9.47 Å². The number of methoxy groups -OCH3 is 1. The zero-order chi connectivity index (χ0) is 16.2. The molecule has 0 N–H and O–H groups in total. The monoisotopic (exact) mass is 318 g/mol. The molecule has 0 aliphatic carbocycles. The van der Waals surface area contributed by atoms with Gasteiger partial charge in [-0.2, -0.15) is 0 Å². The van der Waals surface area contributed by atoms with Crippen LogP contribution in [0.5, 0.6) is 11.5 Å². The summed E-state index contributed by atoms with van der Waals surface area (Å²) in [7, 11) is 1.64. The van der Waals surface area contributed by atoms with Crippen molar-refractivity contribution in [2.75, 3.05) is 7.11 Å². The predicted octanol–water partition coefficient (Wildman–Crippen LogP) is 5.31. The molecule has 0 atom stereocenters. The first-order valence-electron chi connectivity index (χ1n) is 7.39. The smallest absolute Gasteiger partial charge is 0.161 e. The summed E-state index contributed by atoms with van der Waals surface area (Å²) in [5.41, 5.74) is 3.64. The summed E-state index contributed by atoms with van der Waals surface area (Å²) in [6.07, 6.45) is 0. The molecular formula is C19H23ClO2. The molecule has 0 unspecified atom stereocenters. The van der Waals surface area contributed by atoms with Crippen LogP contribution in [0.2, 0.25) is 0 Å². The highest BCUT2D eigenvalue weighted by molar-refractivity contribution is 6.17. The highest BCUT2D eigenvalue weighted by Gasteiger charge is 2.13. The van der Waals surface area contributed by atoms with E-state index in [1.807, 2.05) is 18.2 Å². The highest BCUT2D eigenvalue weighted by atomic mass is 35.5. The molecule has 22 heavy (non-hydrogen) atoms. The second-order valence-corrected chi connectivity index (χ2v) is 6.62. The van der Waals surface area contributed by atoms with E-state index >= 15 is 0 Å². The van der Waals surface area contributed by atoms with Gasteiger partial charge in [0.25, 0.3) is 0 Å². The summed E-state index contributed by atoms with van der Waals surface area (Å²) < 4.78 is 11.2. The molecule has 2 rings (SSSR count). The van der Waals surface area contributed by atoms with E-state index in [0.29, 0.717) is 18.2 Å². The van der Waals surface area contributed by atoms with Crippen molar-refractivity contribution in [1.29, 1.82) is 0 Å². The molecule has 0 aliphatic heterocycles. The van der Waals surface area contributed by atoms with Crippen LogP contribution in [0.3, 0.4) is 0 Å². The van der Waals surface area contributed by atoms with Crippen LogP contribution >= 0.6 is 11.6 Å². The Kier molecular flexibility index (Phi) is 5.36. The zero-order valence-corrected chi connectivity index (χ0v) is 14.4. The number of benzene rings is 2. The largest absolute Gasteiger partial charge is 0.493 e. The third-order valence-electron chi connectivity index (χ3n) is 3.60. The van der Waals surface area contributed by atoms with Crippen LogP contribution in [0.1, 0.15) is 37.5 Å². The molecule has 3 heteroatoms. The quantitative estimate of drug-likeness (QED) is 0.695. The van der Waals surface area contributed by atoms with Gasteiger partial charge in [-0.15, -0.1) is 11.6 Å². The van der Waals surface area contributed by atoms with Gasteiger partial charge >= 0.3 is 0 Å². The Morgan fingerprint density at radius 2 is 1.55 bits per heavy atom. The minimum Gasteiger partial charge on any atom is -0.493 e. The minimum atomic E-state index is 0.167. The molecule has 0 heterocycles. The molecule has 0 bridgehead atoms. The molecule has 2 nitrogen and oxygen atoms in total. The van der Waals surface area contributed by atoms with Crippen molar-refractivity contribution in [3.8, 4) is 11.5 Å². The second-order valence-electron chi connectivity index (χ2n) is 6.35. The number of rotatable bonds is 5. The van der Waals surface area contributed by atoms with E-state index in [1.165, 1.54) is 5.56 Å². The van der Waals surface area contributed by atoms with Gasteiger partial charge in [0.05, 0.1) is 7.11 Å². The molecule has 2 aromatic rings. The average Bonchev–Trinajstić information content (AvgIpc) is 2.52. The van der Waals surface area contributed by atoms with Crippen LogP contribution < -0.4 is 9.47 Å². The van der Waals surface area contributed by atoms with Gasteiger partial charge in [-0.25, -0.2) is 0 Å². The predicted molar refractivity (Wildman–Crippen MR) is 92.0 cm³/mol. The Labute approximate surface area is 138 Å². The van der Waals surface area contributed by atoms with Gasteiger partial charge in [-0.3, -0.25) is 0 Å². The maximum absolute atomic E-state index is 5.87. The van der Waals surface area contributed by atoms with Crippen molar-refractivity contribution >= 4 is 11.6 Å². The SMILES string of the molecule is COc1cc(CCl)ccc1OCc1ccc(C(C)(C)C)cc1. The van der Waals surface area contributed by atoms with Crippen LogP contribution in [0.15, 0.2) is 42.5 Å². The van der Waals surface area contributed by atoms with Gasteiger partial charge in [-0.1, -0.05) is 51.1 Å². The lowest BCUT2D eigenvalue weighted by Crippen LogP contribution is -2.10. The normalized spacial score (nSPS) is 11.3. The summed E-state index contributed by atoms with van der Waals surface area (Å²) in [5.74, 6) is 1.91. The number of halogens is 1. The first-order chi connectivity index (χ1) is 10.4. The molecule has 2 aromatic carbocycles. The van der Waals surface area contributed by atoms with E-state index in [0.717, 1.165) is 16.9 Å². The number of ether oxygens (including phenoxy) is 2. The van der Waals surface area contributed by atoms with Gasteiger partial charge in [0, 0.05) is 5.88 Å². The summed E-state index contributed by atoms with van der Waals surface area (Å²) in [6, 6.07) is 14.3. The van der Waals surface area contributed by atoms with Gasteiger partial charge in [0.1, 0.15) is 6.61 Å². The molecule has 0 spiro atoms. The van der Waals surface area contributed by atoms with Crippen LogP contribution in [0.25, 0.3) is 0 Å². The second kappa shape index (κ2) is 7.06. The van der Waals surface area contributed by atoms with Gasteiger partial charge in [-0.05, 0) is 34.2 Å². The first-order valence-corrected chi connectivity index (χ1v) is 7.92. The van der Waals surface area contributed by atoms with Crippen LogP contribution in [-0.4, -0.2) is 7.11 Å². The van der Waals surface area contributed by atoms with E-state index in [1.54, 1.807) is 7.11 Å². The molecule has 0 aliphatic rings. The fraction of sp³-hybridized carbons (Fsp3) is 0.368. The maximum atomic E-state index is 5.87. The molecule has 0 radical (unpaired) electrons. The van der Waals surface area contributed by atoms with E-state index in [4.69, 9.17) is 21.1 Å². The summed E-state index contributed by atoms with van der Waals surface area (Å²) >= 11 is 5.84. The molecule has 0 fully saturated rings. The fourth-order valence-corrected chi connectivity index (χ4v) is 2.34. The van der Waals surface area contributed by atoms with E-state index in [9.17, 15) is 0 Å². The minimum absolute atomic E-state index is 0.167. The van der Waals surface area contributed by atoms with E-state index in [2.05, 4.69) is 45.0 Å². The lowest BCUT2D eigenvalue weighted by atomic mass is 9.87. The van der Waals surface area contributed by atoms with Crippen LogP contribution in [0, 0.1) is 0 Å². The van der Waals surface area contributed by atoms with Crippen LogP contribution in [0.4, 0.5) is 0 Å². The van der Waals surface area contributed by atoms with Gasteiger partial charge in [0.15, 0.2) is 11.5 Å². The lowest BCUT2D eigenvalue weighted by molar-refractivity contribution is 0.284. The standard InChI is InChI=1S/C19H23ClO2/c1-19(2,3)16-8-5-14(6-9-16)13-22-17-10-7-15(12-20)11-18(17)21-4/h5-11H,12-13H2,1-4H3. The van der Waals surface area contributed by atoms with Crippen molar-refractivity contribution in [3.63, 3.8) is 0 Å². The Morgan fingerprint density at radius 1 is 0.909 bits per heavy atom. The number of alkyl halides is 1. The maximum Gasteiger partial charge on any atom is 0.161 e. The summed E-state index contributed by atoms with van der Waals surface area (Å²) in [5, 5.41) is 0. The molecule has 0 saturated heterocycles. The topological polar surface area (TPSA) is 18.5 Å². The Hall–Kier alpha value is -1.67. The Balaban J connectivity index is 2.07. The first kappa shape index (κ1) is 16.7. The average molecular weight is 319 g/mol. The highest BCUT2D eigenvalue weighted by Crippen LogP contribution is 2.29. The summed E-state index contributed by atoms with van der Waals surface area (Å²) in [4.78, 5) is 0. The molecule has 0 amide bonds. The molecular weight excluding hydrogens is 296 g/mol. The molecule has 0 aromatic heterocycles. The van der Waals surface area contributed by atoms with Gasteiger partial charge < -0.3 is 9.47 Å². The lowest BCUT2D eigenvalue weighted by Gasteiger charge is -2.19. The summed E-state index contributed by atoms with van der Waals surface area (Å²) in [6.45, 7) is 7.15. The van der Waals surface area contributed by atoms with Crippen molar-refractivity contribution in [1.82, 2.24) is 0 Å². The third-order valence-corrected chi connectivity index (χ3v) is 3.91. The van der Waals surface area contributed by atoms with Crippen molar-refractivity contribution in [3.05, 3.63) is 59.2 Å².